The van der Waals surface area contributed by atoms with Crippen LogP contribution in [0.3, 0.4) is 0 Å². The second-order valence-electron chi connectivity index (χ2n) is 13.7. The van der Waals surface area contributed by atoms with Crippen LogP contribution in [0.2, 0.25) is 5.02 Å². The van der Waals surface area contributed by atoms with Crippen molar-refractivity contribution in [1.82, 2.24) is 34.7 Å². The van der Waals surface area contributed by atoms with Gasteiger partial charge >= 0.3 is 12.0 Å². The number of amides is 2. The number of anilines is 3. The Morgan fingerprint density at radius 3 is 2.73 bits per heavy atom. The van der Waals surface area contributed by atoms with Gasteiger partial charge in [0, 0.05) is 48.8 Å². The summed E-state index contributed by atoms with van der Waals surface area (Å²) < 4.78 is 52.8. The molecule has 3 N–H and O–H groups in total. The average Bonchev–Trinajstić information content (AvgIpc) is 3.84. The molecule has 0 radical (unpaired) electrons. The number of benzene rings is 2. The van der Waals surface area contributed by atoms with Crippen molar-refractivity contribution in [3.05, 3.63) is 53.4 Å². The normalized spacial score (nSPS) is 24.5. The predicted molar refractivity (Wildman–Crippen MR) is 188 cm³/mol. The van der Waals surface area contributed by atoms with Crippen LogP contribution < -0.4 is 20.7 Å². The minimum atomic E-state index is -0.949. The zero-order valence-electron chi connectivity index (χ0n) is 27.2. The van der Waals surface area contributed by atoms with Gasteiger partial charge in [0.15, 0.2) is 10.9 Å². The van der Waals surface area contributed by atoms with Gasteiger partial charge in [0.1, 0.15) is 42.1 Å². The second kappa shape index (κ2) is 12.3. The molecule has 4 fully saturated rings. The molecule has 0 spiro atoms. The summed E-state index contributed by atoms with van der Waals surface area (Å²) in [5.74, 6) is -0.459. The maximum Gasteiger partial charge on any atom is 0.323 e. The van der Waals surface area contributed by atoms with Crippen LogP contribution in [0.5, 0.6) is 6.01 Å². The number of urea groups is 1. The van der Waals surface area contributed by atoms with Gasteiger partial charge in [-0.15, -0.1) is 0 Å². The number of nitrogens with one attached hydrogen (secondary N) is 1. The Balaban J connectivity index is 1.11. The van der Waals surface area contributed by atoms with Crippen molar-refractivity contribution in [2.45, 2.75) is 55.9 Å². The summed E-state index contributed by atoms with van der Waals surface area (Å²) in [4.78, 5) is 41.1. The molecule has 4 saturated heterocycles. The molecule has 1 unspecified atom stereocenters. The number of carbonyl (C=O) groups excluding carboxylic acids is 1. The van der Waals surface area contributed by atoms with Crippen molar-refractivity contribution >= 4 is 66.9 Å². The number of nitrogen functional groups attached to an aromatic ring is 1. The first-order valence-electron chi connectivity index (χ1n) is 16.8. The third-order valence-electron chi connectivity index (χ3n) is 10.7. The molecule has 264 valence electrons. The molecule has 2 amide bonds. The van der Waals surface area contributed by atoms with Gasteiger partial charge in [-0.2, -0.15) is 9.97 Å². The maximum absolute atomic E-state index is 17.0. The number of ether oxygens (including phenoxy) is 1. The summed E-state index contributed by atoms with van der Waals surface area (Å²) >= 11 is 7.83. The first kappa shape index (κ1) is 32.4. The highest BCUT2D eigenvalue weighted by atomic mass is 35.5. The number of nitrogens with two attached hydrogens (primary N) is 1. The van der Waals surface area contributed by atoms with Gasteiger partial charge in [0.05, 0.1) is 32.9 Å². The summed E-state index contributed by atoms with van der Waals surface area (Å²) in [7, 11) is 0. The minimum absolute atomic E-state index is 0.00188. The van der Waals surface area contributed by atoms with Gasteiger partial charge in [-0.1, -0.05) is 22.9 Å². The van der Waals surface area contributed by atoms with Crippen LogP contribution in [0.15, 0.2) is 36.8 Å². The van der Waals surface area contributed by atoms with Crippen molar-refractivity contribution in [3.63, 3.8) is 0 Å². The van der Waals surface area contributed by atoms with E-state index < -0.39 is 23.3 Å². The molecule has 4 atom stereocenters. The molecule has 12 nitrogen and oxygen atoms in total. The first-order chi connectivity index (χ1) is 24.7. The summed E-state index contributed by atoms with van der Waals surface area (Å²) in [5, 5.41) is 3.41. The lowest BCUT2D eigenvalue weighted by atomic mass is 9.95. The molecule has 2 bridgehead atoms. The first-order valence-corrected chi connectivity index (χ1v) is 18.0. The molecular weight excluding hydrogens is 705 g/mol. The Bertz CT molecular complexity index is 2180. The molecule has 4 aliphatic heterocycles. The fourth-order valence-corrected chi connectivity index (χ4v) is 9.56. The van der Waals surface area contributed by atoms with E-state index in [0.29, 0.717) is 43.1 Å². The highest BCUT2D eigenvalue weighted by Gasteiger charge is 2.49. The van der Waals surface area contributed by atoms with Gasteiger partial charge in [-0.3, -0.25) is 10.2 Å². The largest absolute Gasteiger partial charge is 0.461 e. The van der Waals surface area contributed by atoms with E-state index in [1.54, 1.807) is 18.3 Å². The molecule has 7 heterocycles. The fourth-order valence-electron chi connectivity index (χ4n) is 8.50. The van der Waals surface area contributed by atoms with Crippen molar-refractivity contribution < 1.29 is 22.7 Å². The molecule has 3 aromatic heterocycles. The average molecular weight is 737 g/mol. The fraction of sp³-hybridized carbons (Fsp3) is 0.412. The number of aromatic nitrogens is 5. The Kier molecular flexibility index (Phi) is 7.81. The van der Waals surface area contributed by atoms with E-state index in [1.165, 1.54) is 18.5 Å². The number of piperazine rings is 1. The van der Waals surface area contributed by atoms with E-state index in [1.807, 2.05) is 9.80 Å². The Morgan fingerprint density at radius 2 is 1.94 bits per heavy atom. The zero-order chi connectivity index (χ0) is 35.0. The van der Waals surface area contributed by atoms with Crippen LogP contribution in [-0.4, -0.2) is 97.3 Å². The van der Waals surface area contributed by atoms with Crippen LogP contribution in [0.4, 0.5) is 34.7 Å². The third-order valence-corrected chi connectivity index (χ3v) is 11.9. The van der Waals surface area contributed by atoms with Gasteiger partial charge in [0.25, 0.3) is 0 Å². The number of hydrogen-bond acceptors (Lipinski definition) is 11. The molecule has 0 aliphatic carbocycles. The second-order valence-corrected chi connectivity index (χ2v) is 15.1. The van der Waals surface area contributed by atoms with E-state index in [2.05, 4.69) is 30.2 Å². The van der Waals surface area contributed by atoms with Crippen molar-refractivity contribution in [2.24, 2.45) is 0 Å². The molecular formula is C34H32ClF3N10O2S. The monoisotopic (exact) mass is 736 g/mol. The van der Waals surface area contributed by atoms with Crippen molar-refractivity contribution in [1.29, 1.82) is 0 Å². The smallest absolute Gasteiger partial charge is 0.323 e. The Hall–Kier alpha value is -4.54. The third kappa shape index (κ3) is 5.46. The zero-order valence-corrected chi connectivity index (χ0v) is 28.7. The van der Waals surface area contributed by atoms with Crippen molar-refractivity contribution in [3.8, 4) is 17.1 Å². The minimum Gasteiger partial charge on any atom is -0.461 e. The van der Waals surface area contributed by atoms with Gasteiger partial charge in [0.2, 0.25) is 0 Å². The number of hydrogen-bond donors (Lipinski definition) is 2. The molecule has 9 rings (SSSR count). The topological polar surface area (TPSA) is 139 Å². The molecule has 17 heteroatoms. The molecule has 2 aromatic carbocycles. The van der Waals surface area contributed by atoms with Crippen LogP contribution in [0.1, 0.15) is 32.1 Å². The highest BCUT2D eigenvalue weighted by molar-refractivity contribution is 7.22. The number of thiazole rings is 1. The number of rotatable bonds is 6. The summed E-state index contributed by atoms with van der Waals surface area (Å²) in [6, 6.07) is 5.27. The van der Waals surface area contributed by atoms with E-state index in [-0.39, 0.29) is 67.7 Å². The van der Waals surface area contributed by atoms with Crippen LogP contribution in [0, 0.1) is 11.6 Å². The lowest BCUT2D eigenvalue weighted by Gasteiger charge is -2.41. The number of alkyl halides is 1. The van der Waals surface area contributed by atoms with E-state index in [0.717, 1.165) is 43.6 Å². The van der Waals surface area contributed by atoms with E-state index in [4.69, 9.17) is 27.1 Å². The summed E-state index contributed by atoms with van der Waals surface area (Å²) in [5.41, 5.74) is 5.87. The standard InChI is InChI=1S/C34H32ClF3N10O2S/c35-22-10-21-27(26(38)25(22)20-4-5-23(37)29-28(20)43-31(39)51-29)44-32(50-15-34-7-1-9-47(34)12-17(36)11-34)45-30(21)46-13-18-2-3-19(14-46)48(18)33(49)42-24-6-8-40-16-41-24/h4-6,8,10,16-19H,1-3,7,9,11-15H2,(H2,39,43)(H,40,41,42,49)/t17-,18-,19?,34+/m1/s1. The Labute approximate surface area is 298 Å². The molecule has 5 aromatic rings. The lowest BCUT2D eigenvalue weighted by molar-refractivity contribution is 0.107. The number of fused-ring (bicyclic) bond motifs is 5. The van der Waals surface area contributed by atoms with Gasteiger partial charge in [-0.05, 0) is 56.5 Å². The van der Waals surface area contributed by atoms with Crippen LogP contribution in [0.25, 0.3) is 32.2 Å². The number of carbonyl (C=O) groups is 1. The van der Waals surface area contributed by atoms with Gasteiger partial charge in [-0.25, -0.2) is 32.9 Å². The number of halogens is 4. The van der Waals surface area contributed by atoms with E-state index in [9.17, 15) is 13.6 Å². The van der Waals surface area contributed by atoms with E-state index >= 15 is 4.39 Å². The highest BCUT2D eigenvalue weighted by Crippen LogP contribution is 2.45. The van der Waals surface area contributed by atoms with Gasteiger partial charge < -0.3 is 20.3 Å². The summed E-state index contributed by atoms with van der Waals surface area (Å²) in [6.07, 6.45) is 5.57. The predicted octanol–water partition coefficient (Wildman–Crippen LogP) is 6.05. The summed E-state index contributed by atoms with van der Waals surface area (Å²) in [6.45, 7) is 2.12. The SMILES string of the molecule is Nc1nc2c(-c3c(Cl)cc4c(N5CC6CC[C@H](C5)N6C(=O)Nc5ccncn5)nc(OC[C@@]56CCCN5C[C@H](F)C6)nc4c3F)ccc(F)c2s1. The lowest BCUT2D eigenvalue weighted by Crippen LogP contribution is -2.57. The van der Waals surface area contributed by atoms with Crippen LogP contribution >= 0.6 is 22.9 Å². The molecule has 4 aliphatic rings. The number of nitrogens with zero attached hydrogens (tertiary/aromatic N) is 8. The Morgan fingerprint density at radius 1 is 1.12 bits per heavy atom. The quantitative estimate of drug-likeness (QED) is 0.212. The molecule has 0 saturated carbocycles. The van der Waals surface area contributed by atoms with Crippen molar-refractivity contribution in [2.75, 3.05) is 48.7 Å². The van der Waals surface area contributed by atoms with Crippen LogP contribution in [-0.2, 0) is 0 Å². The maximum atomic E-state index is 17.0. The molecule has 51 heavy (non-hydrogen) atoms.